The van der Waals surface area contributed by atoms with Crippen LogP contribution in [0.2, 0.25) is 0 Å². The van der Waals surface area contributed by atoms with Gasteiger partial charge in [0, 0.05) is 72.5 Å². The minimum Gasteiger partial charge on any atom is -0.497 e. The first-order valence-electron chi connectivity index (χ1n) is 8.05. The standard InChI is InChI=1S/C17H23N3O3S/c1-23-14-4-3-13-11-16(18-15(13)12-14)17(21)20-7-5-19(6-8-20)9-10-24(2)22/h3-4,11-12,18H,5-10H2,1-2H3/t24-/m0/s1. The van der Waals surface area contributed by atoms with Crippen LogP contribution >= 0.6 is 0 Å². The summed E-state index contributed by atoms with van der Waals surface area (Å²) in [5.74, 6) is 1.49. The molecule has 1 aliphatic rings. The molecule has 24 heavy (non-hydrogen) atoms. The summed E-state index contributed by atoms with van der Waals surface area (Å²) in [6.45, 7) is 3.90. The lowest BCUT2D eigenvalue weighted by Gasteiger charge is -2.34. The minimum atomic E-state index is -0.764. The highest BCUT2D eigenvalue weighted by Gasteiger charge is 2.23. The zero-order chi connectivity index (χ0) is 17.1. The Kier molecular flexibility index (Phi) is 5.20. The average molecular weight is 349 g/mol. The van der Waals surface area contributed by atoms with Crippen LogP contribution in [-0.2, 0) is 10.8 Å². The number of aromatic nitrogens is 1. The van der Waals surface area contributed by atoms with Gasteiger partial charge in [-0.1, -0.05) is 0 Å². The van der Waals surface area contributed by atoms with Gasteiger partial charge in [-0.25, -0.2) is 0 Å². The van der Waals surface area contributed by atoms with E-state index in [1.54, 1.807) is 13.4 Å². The molecule has 1 fully saturated rings. The molecule has 0 unspecified atom stereocenters. The van der Waals surface area contributed by atoms with E-state index in [-0.39, 0.29) is 5.91 Å². The van der Waals surface area contributed by atoms with Crippen LogP contribution in [0, 0.1) is 0 Å². The molecule has 2 heterocycles. The summed E-state index contributed by atoms with van der Waals surface area (Å²) in [6, 6.07) is 7.63. The molecule has 1 aromatic heterocycles. The van der Waals surface area contributed by atoms with E-state index < -0.39 is 10.8 Å². The molecule has 1 saturated heterocycles. The molecule has 2 aromatic rings. The van der Waals surface area contributed by atoms with E-state index in [2.05, 4.69) is 9.88 Å². The van der Waals surface area contributed by atoms with Crippen molar-refractivity contribution >= 4 is 27.6 Å². The van der Waals surface area contributed by atoms with Crippen molar-refractivity contribution in [3.05, 3.63) is 30.0 Å². The van der Waals surface area contributed by atoms with Gasteiger partial charge >= 0.3 is 0 Å². The number of hydrogen-bond acceptors (Lipinski definition) is 4. The predicted molar refractivity (Wildman–Crippen MR) is 96.1 cm³/mol. The van der Waals surface area contributed by atoms with E-state index >= 15 is 0 Å². The van der Waals surface area contributed by atoms with Crippen molar-refractivity contribution in [3.63, 3.8) is 0 Å². The second-order valence-corrected chi connectivity index (χ2v) is 7.60. The van der Waals surface area contributed by atoms with Gasteiger partial charge in [-0.3, -0.25) is 13.9 Å². The fourth-order valence-electron chi connectivity index (χ4n) is 2.95. The van der Waals surface area contributed by atoms with Gasteiger partial charge in [-0.2, -0.15) is 0 Å². The number of carbonyl (C=O) groups is 1. The number of benzene rings is 1. The van der Waals surface area contributed by atoms with E-state index in [4.69, 9.17) is 4.74 Å². The molecule has 1 amide bonds. The van der Waals surface area contributed by atoms with Gasteiger partial charge in [0.1, 0.15) is 11.4 Å². The molecule has 3 rings (SSSR count). The SMILES string of the molecule is COc1ccc2cc(C(=O)N3CCN(CC[S@](C)=O)CC3)[nH]c2c1. The molecule has 1 N–H and O–H groups in total. The fourth-order valence-corrected chi connectivity index (χ4v) is 3.47. The third kappa shape index (κ3) is 3.79. The number of H-pyrrole nitrogens is 1. The molecule has 0 radical (unpaired) electrons. The van der Waals surface area contributed by atoms with Crippen molar-refractivity contribution in [3.8, 4) is 5.75 Å². The lowest BCUT2D eigenvalue weighted by Crippen LogP contribution is -2.49. The van der Waals surface area contributed by atoms with Gasteiger partial charge in [0.25, 0.3) is 5.91 Å². The molecular weight excluding hydrogens is 326 g/mol. The van der Waals surface area contributed by atoms with Gasteiger partial charge < -0.3 is 14.6 Å². The van der Waals surface area contributed by atoms with Gasteiger partial charge in [0.05, 0.1) is 7.11 Å². The van der Waals surface area contributed by atoms with Crippen molar-refractivity contribution in [1.29, 1.82) is 0 Å². The molecule has 0 spiro atoms. The van der Waals surface area contributed by atoms with E-state index in [1.165, 1.54) is 0 Å². The largest absolute Gasteiger partial charge is 0.497 e. The van der Waals surface area contributed by atoms with Crippen LogP contribution in [-0.4, -0.2) is 76.7 Å². The predicted octanol–water partition coefficient (Wildman–Crippen LogP) is 1.31. The highest BCUT2D eigenvalue weighted by molar-refractivity contribution is 7.84. The summed E-state index contributed by atoms with van der Waals surface area (Å²) in [4.78, 5) is 20.0. The number of nitrogens with one attached hydrogen (secondary N) is 1. The van der Waals surface area contributed by atoms with Crippen molar-refractivity contribution in [1.82, 2.24) is 14.8 Å². The monoisotopic (exact) mass is 349 g/mol. The number of carbonyl (C=O) groups excluding carboxylic acids is 1. The van der Waals surface area contributed by atoms with Crippen molar-refractivity contribution in [2.75, 3.05) is 51.8 Å². The molecule has 130 valence electrons. The molecule has 0 saturated carbocycles. The van der Waals surface area contributed by atoms with Crippen LogP contribution < -0.4 is 4.74 Å². The Morgan fingerprint density at radius 1 is 1.25 bits per heavy atom. The van der Waals surface area contributed by atoms with Crippen LogP contribution in [0.15, 0.2) is 24.3 Å². The smallest absolute Gasteiger partial charge is 0.270 e. The summed E-state index contributed by atoms with van der Waals surface area (Å²) in [5.41, 5.74) is 1.52. The third-order valence-electron chi connectivity index (χ3n) is 4.41. The van der Waals surface area contributed by atoms with Gasteiger partial charge in [0.15, 0.2) is 0 Å². The molecule has 1 aromatic carbocycles. The first kappa shape index (κ1) is 17.0. The molecule has 0 aliphatic carbocycles. The Bertz CT molecular complexity index is 751. The van der Waals surface area contributed by atoms with Gasteiger partial charge in [-0.05, 0) is 18.2 Å². The second-order valence-electron chi connectivity index (χ2n) is 6.05. The Balaban J connectivity index is 1.64. The highest BCUT2D eigenvalue weighted by Crippen LogP contribution is 2.22. The molecule has 1 aliphatic heterocycles. The zero-order valence-corrected chi connectivity index (χ0v) is 14.9. The van der Waals surface area contributed by atoms with Crippen LogP contribution in [0.1, 0.15) is 10.5 Å². The number of amides is 1. The van der Waals surface area contributed by atoms with Crippen LogP contribution in [0.5, 0.6) is 5.75 Å². The molecule has 1 atom stereocenters. The molecule has 6 nitrogen and oxygen atoms in total. The number of aromatic amines is 1. The average Bonchev–Trinajstić information content (AvgIpc) is 3.02. The number of rotatable bonds is 5. The maximum absolute atomic E-state index is 12.7. The van der Waals surface area contributed by atoms with Crippen LogP contribution in [0.25, 0.3) is 10.9 Å². The second kappa shape index (κ2) is 7.36. The van der Waals surface area contributed by atoms with Crippen molar-refractivity contribution in [2.24, 2.45) is 0 Å². The van der Waals surface area contributed by atoms with Gasteiger partial charge in [-0.15, -0.1) is 0 Å². The summed E-state index contributed by atoms with van der Waals surface area (Å²) in [6.07, 6.45) is 1.73. The maximum atomic E-state index is 12.7. The maximum Gasteiger partial charge on any atom is 0.270 e. The van der Waals surface area contributed by atoms with E-state index in [9.17, 15) is 9.00 Å². The van der Waals surface area contributed by atoms with Crippen molar-refractivity contribution < 1.29 is 13.7 Å². The van der Waals surface area contributed by atoms with E-state index in [0.717, 1.165) is 36.3 Å². The number of ether oxygens (including phenoxy) is 1. The first-order valence-corrected chi connectivity index (χ1v) is 9.78. The summed E-state index contributed by atoms with van der Waals surface area (Å²) in [5, 5.41) is 1.00. The minimum absolute atomic E-state index is 0.0314. The third-order valence-corrected chi connectivity index (χ3v) is 5.17. The van der Waals surface area contributed by atoms with E-state index in [0.29, 0.717) is 24.5 Å². The molecule has 7 heteroatoms. The topological polar surface area (TPSA) is 65.6 Å². The molecule has 0 bridgehead atoms. The lowest BCUT2D eigenvalue weighted by molar-refractivity contribution is 0.0639. The summed E-state index contributed by atoms with van der Waals surface area (Å²) < 4.78 is 16.4. The number of nitrogens with zero attached hydrogens (tertiary/aromatic N) is 2. The summed E-state index contributed by atoms with van der Waals surface area (Å²) >= 11 is 0. The molecular formula is C17H23N3O3S. The number of piperazine rings is 1. The normalized spacial score (nSPS) is 17.2. The number of methoxy groups -OCH3 is 1. The Hall–Kier alpha value is -1.86. The Morgan fingerprint density at radius 2 is 2.00 bits per heavy atom. The first-order chi connectivity index (χ1) is 11.6. The van der Waals surface area contributed by atoms with Crippen molar-refractivity contribution in [2.45, 2.75) is 0 Å². The Labute approximate surface area is 144 Å². The van der Waals surface area contributed by atoms with Crippen LogP contribution in [0.3, 0.4) is 0 Å². The van der Waals surface area contributed by atoms with Gasteiger partial charge in [0.2, 0.25) is 0 Å². The fraction of sp³-hybridized carbons (Fsp3) is 0.471. The van der Waals surface area contributed by atoms with Crippen LogP contribution in [0.4, 0.5) is 0 Å². The van der Waals surface area contributed by atoms with E-state index in [1.807, 2.05) is 29.2 Å². The summed E-state index contributed by atoms with van der Waals surface area (Å²) in [7, 11) is 0.865. The lowest BCUT2D eigenvalue weighted by atomic mass is 10.2. The number of hydrogen-bond donors (Lipinski definition) is 1. The zero-order valence-electron chi connectivity index (χ0n) is 14.1. The highest BCUT2D eigenvalue weighted by atomic mass is 32.2. The number of fused-ring (bicyclic) bond motifs is 1. The quantitative estimate of drug-likeness (QED) is 0.884. The Morgan fingerprint density at radius 3 is 2.67 bits per heavy atom.